The quantitative estimate of drug-likeness (QED) is 0.193. The van der Waals surface area contributed by atoms with Crippen LogP contribution in [0.4, 0.5) is 0 Å². The molecular weight excluding hydrogens is 347 g/mol. The molecule has 2 amide bonds. The van der Waals surface area contributed by atoms with Crippen molar-refractivity contribution >= 4 is 47.8 Å². The molecule has 0 fully saturated rings. The number of hydrogen-bond acceptors (Lipinski definition) is 4. The van der Waals surface area contributed by atoms with Crippen molar-refractivity contribution in [3.63, 3.8) is 0 Å². The molecule has 0 bridgehead atoms. The molecule has 0 heterocycles. The monoisotopic (exact) mass is 374 g/mol. The van der Waals surface area contributed by atoms with Crippen LogP contribution >= 0.6 is 22.7 Å². The number of nitrogens with one attached hydrogen (secondary N) is 2. The molecule has 0 unspecified atom stereocenters. The minimum absolute atomic E-state index is 0.00463. The Hall–Kier alpha value is -0.793. The lowest BCUT2D eigenvalue weighted by Gasteiger charge is -2.01. The second kappa shape index (κ2) is 16.6. The Morgan fingerprint density at radius 1 is 1.00 bits per heavy atom. The maximum Gasteiger partial charge on any atom is 0.304 e. The van der Waals surface area contributed by atoms with E-state index in [9.17, 15) is 14.4 Å². The van der Waals surface area contributed by atoms with Crippen LogP contribution in [-0.2, 0) is 19.1 Å². The summed E-state index contributed by atoms with van der Waals surface area (Å²) in [5.74, 6) is -0.521. The lowest BCUT2D eigenvalue weighted by molar-refractivity contribution is -0.142. The van der Waals surface area contributed by atoms with Gasteiger partial charge in [0.1, 0.15) is 7.38 Å². The van der Waals surface area contributed by atoms with Crippen molar-refractivity contribution in [1.82, 2.24) is 10.6 Å². The number of halogens is 2. The molecule has 0 radical (unpaired) electrons. The van der Waals surface area contributed by atoms with Gasteiger partial charge in [0.2, 0.25) is 11.8 Å². The predicted octanol–water partition coefficient (Wildman–Crippen LogP) is 2.80. The molecule has 0 aromatic rings. The Bertz CT molecular complexity index is 318. The summed E-state index contributed by atoms with van der Waals surface area (Å²) >= 11 is 10.8. The van der Waals surface area contributed by atoms with E-state index in [2.05, 4.69) is 35.0 Å². The number of carbonyl (C=O) groups excluding carboxylic acids is 3. The fourth-order valence-electron chi connectivity index (χ4n) is 0.543. The third-order valence-corrected chi connectivity index (χ3v) is 1.58. The van der Waals surface area contributed by atoms with Gasteiger partial charge in [-0.25, -0.2) is 0 Å². The normalized spacial score (nSPS) is 9.27. The first-order valence-corrected chi connectivity index (χ1v) is 11.9. The standard InChI is InChI=1S/C6H11NO3.C4H8ClNO.C3H9ClSi/c1-3-6(9)7-4-10-5(2)8;1-2-4(7)6-3-5;1-5(2,3)4/h3-4H2,1-2H3,(H,7,9);2-3H2,1H3,(H,6,7);1-3H3. The summed E-state index contributed by atoms with van der Waals surface area (Å²) in [6.45, 7) is 11.0. The number of rotatable bonds is 5. The summed E-state index contributed by atoms with van der Waals surface area (Å²) in [5.41, 5.74) is 0. The highest BCUT2D eigenvalue weighted by atomic mass is 35.6. The molecule has 0 spiro atoms. The maximum absolute atomic E-state index is 10.5. The molecule has 0 aliphatic carbocycles. The lowest BCUT2D eigenvalue weighted by Crippen LogP contribution is -2.26. The largest absolute Gasteiger partial charge is 0.445 e. The van der Waals surface area contributed by atoms with Gasteiger partial charge in [-0.2, -0.15) is 11.1 Å². The maximum atomic E-state index is 10.5. The minimum Gasteiger partial charge on any atom is -0.445 e. The highest BCUT2D eigenvalue weighted by Crippen LogP contribution is 2.03. The molecule has 6 nitrogen and oxygen atoms in total. The van der Waals surface area contributed by atoms with Crippen molar-refractivity contribution in [1.29, 1.82) is 0 Å². The molecule has 0 saturated heterocycles. The van der Waals surface area contributed by atoms with Gasteiger partial charge in [0.15, 0.2) is 6.73 Å². The Labute approximate surface area is 144 Å². The first-order chi connectivity index (χ1) is 9.97. The Morgan fingerprint density at radius 2 is 1.36 bits per heavy atom. The van der Waals surface area contributed by atoms with E-state index in [4.69, 9.17) is 22.7 Å². The van der Waals surface area contributed by atoms with Crippen LogP contribution in [0.2, 0.25) is 19.6 Å². The van der Waals surface area contributed by atoms with E-state index in [1.165, 1.54) is 6.92 Å². The number of hydrogen-bond donors (Lipinski definition) is 2. The van der Waals surface area contributed by atoms with Gasteiger partial charge >= 0.3 is 5.97 Å². The molecule has 0 aliphatic rings. The fourth-order valence-corrected chi connectivity index (χ4v) is 0.692. The van der Waals surface area contributed by atoms with Crippen LogP contribution in [0.1, 0.15) is 33.6 Å². The predicted molar refractivity (Wildman–Crippen MR) is 93.4 cm³/mol. The summed E-state index contributed by atoms with van der Waals surface area (Å²) in [6, 6.07) is 0.215. The molecule has 0 aromatic heterocycles. The van der Waals surface area contributed by atoms with Crippen molar-refractivity contribution in [2.75, 3.05) is 12.7 Å². The third kappa shape index (κ3) is 42.7. The summed E-state index contributed by atoms with van der Waals surface area (Å²) in [6.07, 6.45) is 0.911. The van der Waals surface area contributed by atoms with E-state index in [1.54, 1.807) is 13.8 Å². The molecule has 9 heteroatoms. The minimum atomic E-state index is -1.14. The van der Waals surface area contributed by atoms with Crippen molar-refractivity contribution in [3.8, 4) is 0 Å². The van der Waals surface area contributed by atoms with E-state index in [0.29, 0.717) is 12.8 Å². The zero-order valence-electron chi connectivity index (χ0n) is 14.2. The molecule has 0 aromatic carbocycles. The van der Waals surface area contributed by atoms with Gasteiger partial charge in [0.25, 0.3) is 0 Å². The van der Waals surface area contributed by atoms with Gasteiger partial charge in [-0.05, 0) is 0 Å². The summed E-state index contributed by atoms with van der Waals surface area (Å²) in [5, 5.41) is 4.80. The molecule has 132 valence electrons. The third-order valence-electron chi connectivity index (χ3n) is 1.45. The van der Waals surface area contributed by atoms with Crippen molar-refractivity contribution in [3.05, 3.63) is 0 Å². The molecule has 2 N–H and O–H groups in total. The van der Waals surface area contributed by atoms with Crippen molar-refractivity contribution in [2.45, 2.75) is 53.3 Å². The average Bonchev–Trinajstić information content (AvgIpc) is 2.37. The SMILES string of the molecule is CCC(=O)NCCl.CCC(=O)NCOC(C)=O.C[Si](C)(C)Cl. The second-order valence-electron chi connectivity index (χ2n) is 4.89. The smallest absolute Gasteiger partial charge is 0.304 e. The average molecular weight is 375 g/mol. The molecule has 0 saturated carbocycles. The van der Waals surface area contributed by atoms with E-state index in [0.717, 1.165) is 0 Å². The summed E-state index contributed by atoms with van der Waals surface area (Å²) < 4.78 is 4.44. The fraction of sp³-hybridized carbons (Fsp3) is 0.769. The van der Waals surface area contributed by atoms with E-state index in [-0.39, 0.29) is 24.5 Å². The van der Waals surface area contributed by atoms with Gasteiger partial charge in [0.05, 0.1) is 6.00 Å². The van der Waals surface area contributed by atoms with E-state index >= 15 is 0 Å². The molecule has 0 rings (SSSR count). The van der Waals surface area contributed by atoms with E-state index in [1.807, 2.05) is 0 Å². The lowest BCUT2D eigenvalue weighted by atomic mass is 10.5. The highest BCUT2D eigenvalue weighted by molar-refractivity contribution is 7.18. The first kappa shape index (κ1) is 26.1. The zero-order valence-corrected chi connectivity index (χ0v) is 16.7. The number of carbonyl (C=O) groups is 3. The van der Waals surface area contributed by atoms with Crippen LogP contribution in [0.25, 0.3) is 0 Å². The Kier molecular flexibility index (Phi) is 19.7. The van der Waals surface area contributed by atoms with Crippen LogP contribution in [0.15, 0.2) is 0 Å². The second-order valence-corrected chi connectivity index (χ2v) is 12.7. The highest BCUT2D eigenvalue weighted by Gasteiger charge is 2.04. The van der Waals surface area contributed by atoms with Crippen molar-refractivity contribution < 1.29 is 19.1 Å². The number of alkyl halides is 1. The molecule has 22 heavy (non-hydrogen) atoms. The number of ether oxygens (including phenoxy) is 1. The Balaban J connectivity index is -0.000000263. The van der Waals surface area contributed by atoms with Crippen LogP contribution in [-0.4, -0.2) is 37.9 Å². The van der Waals surface area contributed by atoms with Gasteiger partial charge < -0.3 is 15.4 Å². The molecular formula is C13H28Cl2N2O4Si. The van der Waals surface area contributed by atoms with Gasteiger partial charge in [-0.1, -0.05) is 33.5 Å². The zero-order chi connectivity index (χ0) is 18.2. The number of esters is 1. The van der Waals surface area contributed by atoms with Crippen molar-refractivity contribution in [2.24, 2.45) is 0 Å². The summed E-state index contributed by atoms with van der Waals surface area (Å²) in [7, 11) is -1.14. The number of amides is 2. The van der Waals surface area contributed by atoms with Crippen LogP contribution < -0.4 is 10.6 Å². The first-order valence-electron chi connectivity index (χ1n) is 6.89. The molecule has 0 atom stereocenters. The molecule has 0 aliphatic heterocycles. The van der Waals surface area contributed by atoms with Gasteiger partial charge in [-0.15, -0.1) is 11.6 Å². The van der Waals surface area contributed by atoms with Crippen LogP contribution in [0.5, 0.6) is 0 Å². The summed E-state index contributed by atoms with van der Waals surface area (Å²) in [4.78, 5) is 30.8. The van der Waals surface area contributed by atoms with Crippen LogP contribution in [0, 0.1) is 0 Å². The topological polar surface area (TPSA) is 84.5 Å². The van der Waals surface area contributed by atoms with E-state index < -0.39 is 13.4 Å². The van der Waals surface area contributed by atoms with Gasteiger partial charge in [0, 0.05) is 19.8 Å². The van der Waals surface area contributed by atoms with Gasteiger partial charge in [-0.3, -0.25) is 14.4 Å². The van der Waals surface area contributed by atoms with Crippen LogP contribution in [0.3, 0.4) is 0 Å². The Morgan fingerprint density at radius 3 is 1.59 bits per heavy atom.